The van der Waals surface area contributed by atoms with Crippen molar-refractivity contribution in [2.75, 3.05) is 26.0 Å². The maximum atomic E-state index is 14.7. The van der Waals surface area contributed by atoms with Crippen LogP contribution in [0.15, 0.2) is 73.5 Å². The molecule has 7 nitrogen and oxygen atoms in total. The number of hydrogen-bond acceptors (Lipinski definition) is 5. The number of nitrogens with one attached hydrogen (secondary N) is 3. The number of allylic oxidation sites excluding steroid dienone is 3. The lowest BCUT2D eigenvalue weighted by molar-refractivity contribution is 0.400. The van der Waals surface area contributed by atoms with Crippen molar-refractivity contribution in [1.29, 1.82) is 0 Å². The number of benzene rings is 1. The largest absolute Gasteiger partial charge is 0.358 e. The van der Waals surface area contributed by atoms with E-state index in [0.717, 1.165) is 92.2 Å². The second-order valence-corrected chi connectivity index (χ2v) is 11.1. The zero-order chi connectivity index (χ0) is 30.5. The third kappa shape index (κ3) is 6.98. The third-order valence-electron chi connectivity index (χ3n) is 7.48. The van der Waals surface area contributed by atoms with E-state index in [1.807, 2.05) is 45.4 Å². The van der Waals surface area contributed by atoms with E-state index in [2.05, 4.69) is 67.6 Å². The van der Waals surface area contributed by atoms with Crippen molar-refractivity contribution in [1.82, 2.24) is 30.0 Å². The molecule has 5 aromatic rings. The maximum absolute atomic E-state index is 14.7. The Hall–Kier alpha value is -4.82. The number of aromatic nitrogens is 5. The third-order valence-corrected chi connectivity index (χ3v) is 7.48. The summed E-state index contributed by atoms with van der Waals surface area (Å²) in [6, 6.07) is 9.34. The second-order valence-electron chi connectivity index (χ2n) is 11.1. The number of pyridine rings is 2. The zero-order valence-corrected chi connectivity index (χ0v) is 25.3. The maximum Gasteiger partial charge on any atom is 0.124 e. The Morgan fingerprint density at radius 2 is 1.88 bits per heavy atom. The lowest BCUT2D eigenvalue weighted by Crippen LogP contribution is -2.21. The van der Waals surface area contributed by atoms with Gasteiger partial charge in [0.2, 0.25) is 0 Å². The quantitative estimate of drug-likeness (QED) is 0.173. The number of rotatable bonds is 11. The fraction of sp³-hybridized carbons (Fsp3) is 0.229. The number of anilines is 1. The van der Waals surface area contributed by atoms with Crippen LogP contribution in [0.3, 0.4) is 0 Å². The van der Waals surface area contributed by atoms with E-state index < -0.39 is 0 Å². The molecule has 0 aliphatic heterocycles. The van der Waals surface area contributed by atoms with Gasteiger partial charge in [-0.25, -0.2) is 4.39 Å². The molecule has 0 saturated heterocycles. The number of H-pyrrole nitrogens is 2. The van der Waals surface area contributed by atoms with Gasteiger partial charge in [0.25, 0.3) is 0 Å². The molecule has 0 aliphatic rings. The minimum absolute atomic E-state index is 0.244. The highest BCUT2D eigenvalue weighted by molar-refractivity contribution is 5.97. The van der Waals surface area contributed by atoms with Crippen molar-refractivity contribution in [2.24, 2.45) is 0 Å². The van der Waals surface area contributed by atoms with Crippen LogP contribution in [0, 0.1) is 5.82 Å². The van der Waals surface area contributed by atoms with E-state index in [-0.39, 0.29) is 5.82 Å². The van der Waals surface area contributed by atoms with E-state index in [9.17, 15) is 4.39 Å². The molecule has 0 amide bonds. The Morgan fingerprint density at radius 3 is 2.67 bits per heavy atom. The monoisotopic (exact) mass is 575 g/mol. The molecule has 0 atom stereocenters. The highest BCUT2D eigenvalue weighted by Crippen LogP contribution is 2.31. The summed E-state index contributed by atoms with van der Waals surface area (Å²) in [4.78, 5) is 14.4. The van der Waals surface area contributed by atoms with Gasteiger partial charge >= 0.3 is 0 Å². The Labute approximate surface area is 251 Å². The first kappa shape index (κ1) is 29.7. The summed E-state index contributed by atoms with van der Waals surface area (Å²) in [5.74, 6) is -0.244. The van der Waals surface area contributed by atoms with Crippen LogP contribution in [0.2, 0.25) is 0 Å². The molecule has 8 heteroatoms. The van der Waals surface area contributed by atoms with Gasteiger partial charge in [-0.2, -0.15) is 5.10 Å². The lowest BCUT2D eigenvalue weighted by atomic mass is 9.99. The van der Waals surface area contributed by atoms with Gasteiger partial charge < -0.3 is 15.2 Å². The molecule has 4 heterocycles. The highest BCUT2D eigenvalue weighted by atomic mass is 19.1. The number of halogens is 1. The van der Waals surface area contributed by atoms with E-state index in [0.29, 0.717) is 5.69 Å². The lowest BCUT2D eigenvalue weighted by Gasteiger charge is -2.10. The number of nitrogens with zero attached hydrogens (tertiary/aromatic N) is 4. The molecule has 3 N–H and O–H groups in total. The number of hydrogen-bond donors (Lipinski definition) is 3. The van der Waals surface area contributed by atoms with Gasteiger partial charge in [0.15, 0.2) is 0 Å². The topological polar surface area (TPSA) is 85.5 Å². The minimum Gasteiger partial charge on any atom is -0.358 e. The Bertz CT molecular complexity index is 1910. The van der Waals surface area contributed by atoms with E-state index in [4.69, 9.17) is 0 Å². The molecule has 5 rings (SSSR count). The highest BCUT2D eigenvalue weighted by Gasteiger charge is 2.13. The predicted molar refractivity (Wildman–Crippen MR) is 176 cm³/mol. The molecular formula is C35H38FN7. The average molecular weight is 576 g/mol. The first-order valence-corrected chi connectivity index (χ1v) is 14.5. The summed E-state index contributed by atoms with van der Waals surface area (Å²) >= 11 is 0. The van der Waals surface area contributed by atoms with Gasteiger partial charge in [0.1, 0.15) is 11.5 Å². The molecule has 0 unspecified atom stereocenters. The van der Waals surface area contributed by atoms with Crippen LogP contribution in [0.4, 0.5) is 10.1 Å². The van der Waals surface area contributed by atoms with Crippen LogP contribution in [-0.2, 0) is 6.42 Å². The average Bonchev–Trinajstić information content (AvgIpc) is 3.58. The standard InChI is InChI=1S/C35H38FN7/c1-7-23(3)39-29-16-27(18-37-19-29)22(2)10-11-32-24(4)35(42-41-32)33-17-30-31(20-38-21-34(30)40-33)26-13-25(14-28(36)15-26)9-8-12-43(5)6/h10-11,13-21,39-41H,3-4,7-9,12H2,1-2,5-6H3/b22-10+,32-11+. The molecule has 43 heavy (non-hydrogen) atoms. The summed E-state index contributed by atoms with van der Waals surface area (Å²) in [5.41, 5.74) is 8.93. The fourth-order valence-corrected chi connectivity index (χ4v) is 5.02. The molecular weight excluding hydrogens is 537 g/mol. The van der Waals surface area contributed by atoms with E-state index in [1.165, 1.54) is 0 Å². The van der Waals surface area contributed by atoms with Crippen LogP contribution in [0.1, 0.15) is 37.8 Å². The van der Waals surface area contributed by atoms with Crippen LogP contribution in [0.25, 0.3) is 51.6 Å². The van der Waals surface area contributed by atoms with Gasteiger partial charge in [-0.05, 0) is 99.4 Å². The SMILES string of the molecule is C=C(CC)Nc1cncc(/C(C)=C/C=c2/[nH]nc(-c3cc4c(-c5cc(F)cc(CCCN(C)C)c5)cncc4[nH]3)c2=C)c1. The molecule has 0 aliphatic carbocycles. The molecule has 0 spiro atoms. The second kappa shape index (κ2) is 13.0. The van der Waals surface area contributed by atoms with Crippen molar-refractivity contribution in [3.63, 3.8) is 0 Å². The van der Waals surface area contributed by atoms with Gasteiger partial charge in [-0.3, -0.25) is 15.1 Å². The Kier molecular flexibility index (Phi) is 8.97. The van der Waals surface area contributed by atoms with E-state index in [1.54, 1.807) is 30.7 Å². The van der Waals surface area contributed by atoms with Crippen molar-refractivity contribution >= 4 is 34.8 Å². The summed E-state index contributed by atoms with van der Waals surface area (Å²) < 4.78 is 14.7. The van der Waals surface area contributed by atoms with Crippen LogP contribution < -0.4 is 15.9 Å². The molecule has 0 fully saturated rings. The zero-order valence-electron chi connectivity index (χ0n) is 25.3. The molecule has 0 saturated carbocycles. The van der Waals surface area contributed by atoms with Crippen LogP contribution in [0.5, 0.6) is 0 Å². The normalized spacial score (nSPS) is 12.4. The van der Waals surface area contributed by atoms with Gasteiger partial charge in [0, 0.05) is 34.3 Å². The molecule has 1 aromatic carbocycles. The van der Waals surface area contributed by atoms with Gasteiger partial charge in [-0.1, -0.05) is 32.2 Å². The smallest absolute Gasteiger partial charge is 0.124 e. The Balaban J connectivity index is 1.44. The number of aryl methyl sites for hydroxylation is 1. The van der Waals surface area contributed by atoms with Crippen LogP contribution >= 0.6 is 0 Å². The fourth-order valence-electron chi connectivity index (χ4n) is 5.02. The summed E-state index contributed by atoms with van der Waals surface area (Å²) in [7, 11) is 4.09. The van der Waals surface area contributed by atoms with Crippen molar-refractivity contribution in [3.8, 4) is 22.5 Å². The van der Waals surface area contributed by atoms with Gasteiger partial charge in [0.05, 0.1) is 34.6 Å². The summed E-state index contributed by atoms with van der Waals surface area (Å²) in [6.45, 7) is 13.4. The van der Waals surface area contributed by atoms with Gasteiger partial charge in [-0.15, -0.1) is 0 Å². The molecule has 220 valence electrons. The van der Waals surface area contributed by atoms with Crippen molar-refractivity contribution in [2.45, 2.75) is 33.1 Å². The minimum atomic E-state index is -0.244. The molecule has 0 radical (unpaired) electrons. The van der Waals surface area contributed by atoms with Crippen LogP contribution in [-0.4, -0.2) is 50.7 Å². The predicted octanol–water partition coefficient (Wildman–Crippen LogP) is 6.28. The molecule has 4 aromatic heterocycles. The first-order chi connectivity index (χ1) is 20.7. The van der Waals surface area contributed by atoms with Crippen molar-refractivity contribution in [3.05, 3.63) is 101 Å². The molecule has 0 bridgehead atoms. The summed E-state index contributed by atoms with van der Waals surface area (Å²) in [6.07, 6.45) is 13.8. The number of aromatic amines is 2. The Morgan fingerprint density at radius 1 is 1.07 bits per heavy atom. The van der Waals surface area contributed by atoms with E-state index >= 15 is 0 Å². The first-order valence-electron chi connectivity index (χ1n) is 14.5. The number of fused-ring (bicyclic) bond motifs is 1. The van der Waals surface area contributed by atoms with Crippen molar-refractivity contribution < 1.29 is 4.39 Å². The summed E-state index contributed by atoms with van der Waals surface area (Å²) in [5, 5.41) is 13.5.